The normalized spacial score (nSPS) is 13.8. The van der Waals surface area contributed by atoms with E-state index in [0.717, 1.165) is 16.7 Å². The van der Waals surface area contributed by atoms with E-state index in [2.05, 4.69) is 0 Å². The van der Waals surface area contributed by atoms with Crippen molar-refractivity contribution in [3.63, 3.8) is 0 Å². The molecule has 0 N–H and O–H groups in total. The Morgan fingerprint density at radius 3 is 2.57 bits per heavy atom. The van der Waals surface area contributed by atoms with Gasteiger partial charge in [-0.25, -0.2) is 4.39 Å². The van der Waals surface area contributed by atoms with Crippen LogP contribution in [-0.2, 0) is 11.3 Å². The minimum Gasteiger partial charge on any atom is -0.300 e. The molecule has 21 heavy (non-hydrogen) atoms. The highest BCUT2D eigenvalue weighted by molar-refractivity contribution is 6.52. The molecule has 0 bridgehead atoms. The molecule has 1 heterocycles. The van der Waals surface area contributed by atoms with E-state index in [1.807, 2.05) is 32.0 Å². The second kappa shape index (κ2) is 4.81. The van der Waals surface area contributed by atoms with Crippen molar-refractivity contribution in [1.29, 1.82) is 0 Å². The molecule has 1 aliphatic rings. The fraction of sp³-hybridized carbons (Fsp3) is 0.176. The zero-order valence-electron chi connectivity index (χ0n) is 11.8. The molecule has 0 radical (unpaired) electrons. The molecule has 3 rings (SSSR count). The SMILES string of the molecule is Cc1ccc(C)c(CN2C(=O)C(=O)c3ccc(F)cc32)c1. The Kier molecular flexibility index (Phi) is 3.09. The summed E-state index contributed by atoms with van der Waals surface area (Å²) in [6.45, 7) is 4.19. The first-order chi connectivity index (χ1) is 9.97. The number of amides is 1. The van der Waals surface area contributed by atoms with E-state index in [-0.39, 0.29) is 12.1 Å². The second-order valence-corrected chi connectivity index (χ2v) is 5.31. The van der Waals surface area contributed by atoms with Crippen LogP contribution in [0.5, 0.6) is 0 Å². The Bertz CT molecular complexity index is 767. The average molecular weight is 283 g/mol. The number of hydrogen-bond donors (Lipinski definition) is 0. The third kappa shape index (κ3) is 2.23. The van der Waals surface area contributed by atoms with Gasteiger partial charge in [0.1, 0.15) is 5.82 Å². The van der Waals surface area contributed by atoms with Gasteiger partial charge in [0.05, 0.1) is 17.8 Å². The summed E-state index contributed by atoms with van der Waals surface area (Å²) in [5.74, 6) is -1.63. The Labute approximate surface area is 122 Å². The third-order valence-electron chi connectivity index (χ3n) is 3.77. The highest BCUT2D eigenvalue weighted by Crippen LogP contribution is 2.31. The van der Waals surface area contributed by atoms with Gasteiger partial charge < -0.3 is 4.90 Å². The highest BCUT2D eigenvalue weighted by Gasteiger charge is 2.36. The van der Waals surface area contributed by atoms with Crippen molar-refractivity contribution < 1.29 is 14.0 Å². The average Bonchev–Trinajstić information content (AvgIpc) is 2.67. The summed E-state index contributed by atoms with van der Waals surface area (Å²) in [6, 6.07) is 9.75. The van der Waals surface area contributed by atoms with Crippen LogP contribution in [0, 0.1) is 19.7 Å². The quantitative estimate of drug-likeness (QED) is 0.794. The van der Waals surface area contributed by atoms with Gasteiger partial charge in [-0.3, -0.25) is 9.59 Å². The predicted molar refractivity (Wildman–Crippen MR) is 77.8 cm³/mol. The summed E-state index contributed by atoms with van der Waals surface area (Å²) in [5.41, 5.74) is 3.68. The number of Topliss-reactive ketones (excluding diaryl/α,β-unsaturated/α-hetero) is 1. The molecule has 0 saturated heterocycles. The smallest absolute Gasteiger partial charge is 0.299 e. The van der Waals surface area contributed by atoms with E-state index < -0.39 is 17.5 Å². The summed E-state index contributed by atoms with van der Waals surface area (Å²) in [4.78, 5) is 25.4. The van der Waals surface area contributed by atoms with Gasteiger partial charge >= 0.3 is 0 Å². The molecule has 0 atom stereocenters. The van der Waals surface area contributed by atoms with Crippen LogP contribution in [0.25, 0.3) is 0 Å². The predicted octanol–water partition coefficient (Wildman–Crippen LogP) is 3.17. The van der Waals surface area contributed by atoms with Crippen molar-refractivity contribution in [3.8, 4) is 0 Å². The van der Waals surface area contributed by atoms with Crippen LogP contribution in [0.2, 0.25) is 0 Å². The number of carbonyl (C=O) groups excluding carboxylic acids is 2. The van der Waals surface area contributed by atoms with E-state index in [9.17, 15) is 14.0 Å². The first-order valence-corrected chi connectivity index (χ1v) is 6.69. The van der Waals surface area contributed by atoms with Crippen molar-refractivity contribution in [3.05, 3.63) is 64.5 Å². The van der Waals surface area contributed by atoms with Crippen LogP contribution >= 0.6 is 0 Å². The molecule has 2 aromatic rings. The van der Waals surface area contributed by atoms with Crippen LogP contribution < -0.4 is 4.90 Å². The van der Waals surface area contributed by atoms with Gasteiger partial charge in [0, 0.05) is 0 Å². The van der Waals surface area contributed by atoms with Crippen molar-refractivity contribution in [1.82, 2.24) is 0 Å². The number of carbonyl (C=O) groups is 2. The second-order valence-electron chi connectivity index (χ2n) is 5.31. The maximum atomic E-state index is 13.4. The van der Waals surface area contributed by atoms with Gasteiger partial charge in [0.15, 0.2) is 0 Å². The number of halogens is 1. The minimum atomic E-state index is -0.600. The zero-order chi connectivity index (χ0) is 15.1. The van der Waals surface area contributed by atoms with Crippen LogP contribution in [0.1, 0.15) is 27.0 Å². The largest absolute Gasteiger partial charge is 0.300 e. The molecule has 0 aliphatic carbocycles. The van der Waals surface area contributed by atoms with Crippen molar-refractivity contribution >= 4 is 17.4 Å². The summed E-state index contributed by atoms with van der Waals surface area (Å²) in [7, 11) is 0. The number of aryl methyl sites for hydroxylation is 2. The van der Waals surface area contributed by atoms with Crippen LogP contribution in [-0.4, -0.2) is 11.7 Å². The topological polar surface area (TPSA) is 37.4 Å². The zero-order valence-corrected chi connectivity index (χ0v) is 11.8. The van der Waals surface area contributed by atoms with Crippen LogP contribution in [0.3, 0.4) is 0 Å². The molecular formula is C17H14FNO2. The number of nitrogens with zero attached hydrogens (tertiary/aromatic N) is 1. The molecule has 106 valence electrons. The number of fused-ring (bicyclic) bond motifs is 1. The van der Waals surface area contributed by atoms with Gasteiger partial charge in [-0.05, 0) is 43.2 Å². The first kappa shape index (κ1) is 13.5. The molecule has 0 fully saturated rings. The van der Waals surface area contributed by atoms with Crippen molar-refractivity contribution in [2.75, 3.05) is 4.90 Å². The fourth-order valence-corrected chi connectivity index (χ4v) is 2.57. The van der Waals surface area contributed by atoms with Crippen LogP contribution in [0.15, 0.2) is 36.4 Å². The Morgan fingerprint density at radius 2 is 1.81 bits per heavy atom. The highest BCUT2D eigenvalue weighted by atomic mass is 19.1. The van der Waals surface area contributed by atoms with Gasteiger partial charge in [0.25, 0.3) is 11.7 Å². The van der Waals surface area contributed by atoms with Gasteiger partial charge in [-0.1, -0.05) is 23.8 Å². The molecule has 2 aromatic carbocycles. The summed E-state index contributed by atoms with van der Waals surface area (Å²) >= 11 is 0. The minimum absolute atomic E-state index is 0.270. The molecule has 0 unspecified atom stereocenters. The van der Waals surface area contributed by atoms with Gasteiger partial charge in [-0.2, -0.15) is 0 Å². The number of hydrogen-bond acceptors (Lipinski definition) is 2. The Balaban J connectivity index is 2.04. The monoisotopic (exact) mass is 283 g/mol. The van der Waals surface area contributed by atoms with E-state index in [4.69, 9.17) is 0 Å². The molecule has 0 aromatic heterocycles. The lowest BCUT2D eigenvalue weighted by Crippen LogP contribution is -2.29. The maximum Gasteiger partial charge on any atom is 0.299 e. The van der Waals surface area contributed by atoms with E-state index >= 15 is 0 Å². The molecule has 3 nitrogen and oxygen atoms in total. The van der Waals surface area contributed by atoms with E-state index in [1.165, 1.54) is 23.1 Å². The van der Waals surface area contributed by atoms with Gasteiger partial charge in [-0.15, -0.1) is 0 Å². The molecule has 1 amide bonds. The molecule has 1 aliphatic heterocycles. The Morgan fingerprint density at radius 1 is 1.05 bits per heavy atom. The molecular weight excluding hydrogens is 269 g/mol. The lowest BCUT2D eigenvalue weighted by Gasteiger charge is -2.18. The third-order valence-corrected chi connectivity index (χ3v) is 3.77. The number of rotatable bonds is 2. The Hall–Kier alpha value is -2.49. The number of benzene rings is 2. The first-order valence-electron chi connectivity index (χ1n) is 6.69. The van der Waals surface area contributed by atoms with Gasteiger partial charge in [0.2, 0.25) is 0 Å². The maximum absolute atomic E-state index is 13.4. The van der Waals surface area contributed by atoms with Crippen molar-refractivity contribution in [2.24, 2.45) is 0 Å². The number of anilines is 1. The standard InChI is InChI=1S/C17H14FNO2/c1-10-3-4-11(2)12(7-10)9-19-15-8-13(18)5-6-14(15)16(20)17(19)21/h3-8H,9H2,1-2H3. The lowest BCUT2D eigenvalue weighted by molar-refractivity contribution is -0.114. The summed E-state index contributed by atoms with van der Waals surface area (Å²) < 4.78 is 13.4. The molecule has 0 spiro atoms. The van der Waals surface area contributed by atoms with E-state index in [1.54, 1.807) is 0 Å². The number of ketones is 1. The lowest BCUT2D eigenvalue weighted by atomic mass is 10.1. The van der Waals surface area contributed by atoms with E-state index in [0.29, 0.717) is 5.69 Å². The van der Waals surface area contributed by atoms with Crippen LogP contribution in [0.4, 0.5) is 10.1 Å². The molecule has 0 saturated carbocycles. The summed E-state index contributed by atoms with van der Waals surface area (Å²) in [6.07, 6.45) is 0. The fourth-order valence-electron chi connectivity index (χ4n) is 2.57. The summed E-state index contributed by atoms with van der Waals surface area (Å²) in [5, 5.41) is 0. The van der Waals surface area contributed by atoms with Crippen molar-refractivity contribution in [2.45, 2.75) is 20.4 Å². The molecule has 4 heteroatoms.